The molecule has 0 aromatic heterocycles. The summed E-state index contributed by atoms with van der Waals surface area (Å²) in [5.41, 5.74) is 0.437. The van der Waals surface area contributed by atoms with E-state index in [1.807, 2.05) is 67.6 Å². The molecule has 4 aliphatic heterocycles. The molecule has 226 valence electrons. The Kier molecular flexibility index (Phi) is 6.95. The number of anilines is 1. The number of carbonyl (C=O) groups is 3. The maximum absolute atomic E-state index is 14.4. The third-order valence-electron chi connectivity index (χ3n) is 10.2. The minimum atomic E-state index is -1.24. The SMILES string of the molecule is Cc1cccc(NC(=O)[C@H]2[C@H]3C=C[C@@]4(O3)[C@H]2C(=O)N(C[C@@H]2COc3ccccc3O2)[C@@H]4C(=O)N[C@@H]2CCC[C@H](C)[C@@H]2C)c1. The molecule has 7 rings (SSSR count). The van der Waals surface area contributed by atoms with Gasteiger partial charge in [-0.3, -0.25) is 14.4 Å². The number of amides is 3. The topological polar surface area (TPSA) is 106 Å². The van der Waals surface area contributed by atoms with Gasteiger partial charge in [0.2, 0.25) is 17.7 Å². The van der Waals surface area contributed by atoms with E-state index < -0.39 is 35.7 Å². The van der Waals surface area contributed by atoms with E-state index in [1.165, 1.54) is 0 Å². The zero-order valence-corrected chi connectivity index (χ0v) is 24.8. The molecule has 2 aromatic carbocycles. The number of nitrogens with one attached hydrogen (secondary N) is 2. The number of carbonyl (C=O) groups excluding carboxylic acids is 3. The smallest absolute Gasteiger partial charge is 0.246 e. The summed E-state index contributed by atoms with van der Waals surface area (Å²) < 4.78 is 18.7. The van der Waals surface area contributed by atoms with E-state index in [-0.39, 0.29) is 36.9 Å². The van der Waals surface area contributed by atoms with E-state index in [0.717, 1.165) is 24.8 Å². The highest BCUT2D eigenvalue weighted by atomic mass is 16.6. The maximum atomic E-state index is 14.4. The molecule has 43 heavy (non-hydrogen) atoms. The van der Waals surface area contributed by atoms with Crippen LogP contribution in [-0.4, -0.2) is 65.7 Å². The van der Waals surface area contributed by atoms with Gasteiger partial charge in [0.15, 0.2) is 17.6 Å². The minimum Gasteiger partial charge on any atom is -0.486 e. The van der Waals surface area contributed by atoms with E-state index >= 15 is 0 Å². The van der Waals surface area contributed by atoms with Gasteiger partial charge in [0.1, 0.15) is 18.2 Å². The van der Waals surface area contributed by atoms with Crippen LogP contribution in [0.4, 0.5) is 5.69 Å². The van der Waals surface area contributed by atoms with Gasteiger partial charge in [0.25, 0.3) is 0 Å². The predicted molar refractivity (Wildman–Crippen MR) is 159 cm³/mol. The van der Waals surface area contributed by atoms with Gasteiger partial charge in [0.05, 0.1) is 24.5 Å². The van der Waals surface area contributed by atoms with Gasteiger partial charge in [-0.05, 0) is 55.0 Å². The van der Waals surface area contributed by atoms with E-state index in [9.17, 15) is 14.4 Å². The first kappa shape index (κ1) is 28.0. The quantitative estimate of drug-likeness (QED) is 0.499. The second-order valence-electron chi connectivity index (χ2n) is 12.9. The molecule has 4 heterocycles. The average molecular weight is 586 g/mol. The second-order valence-corrected chi connectivity index (χ2v) is 12.9. The van der Waals surface area contributed by atoms with Crippen molar-refractivity contribution < 1.29 is 28.6 Å². The number of ether oxygens (including phenoxy) is 3. The summed E-state index contributed by atoms with van der Waals surface area (Å²) in [6, 6.07) is 14.0. The van der Waals surface area contributed by atoms with Gasteiger partial charge in [0, 0.05) is 11.7 Å². The van der Waals surface area contributed by atoms with Crippen LogP contribution in [0.15, 0.2) is 60.7 Å². The lowest BCUT2D eigenvalue weighted by atomic mass is 9.73. The van der Waals surface area contributed by atoms with Crippen LogP contribution in [0.2, 0.25) is 0 Å². The zero-order chi connectivity index (χ0) is 29.9. The van der Waals surface area contributed by atoms with Gasteiger partial charge < -0.3 is 29.7 Å². The zero-order valence-electron chi connectivity index (χ0n) is 24.8. The van der Waals surface area contributed by atoms with Crippen molar-refractivity contribution in [2.45, 2.75) is 69.9 Å². The van der Waals surface area contributed by atoms with Crippen molar-refractivity contribution in [2.24, 2.45) is 23.7 Å². The molecule has 2 saturated heterocycles. The molecule has 1 saturated carbocycles. The average Bonchev–Trinajstić information content (AvgIpc) is 3.63. The molecular weight excluding hydrogens is 546 g/mol. The summed E-state index contributed by atoms with van der Waals surface area (Å²) in [5, 5.41) is 6.30. The molecule has 0 radical (unpaired) electrons. The summed E-state index contributed by atoms with van der Waals surface area (Å²) in [5.74, 6) is -0.356. The van der Waals surface area contributed by atoms with Gasteiger partial charge >= 0.3 is 0 Å². The Balaban J connectivity index is 1.19. The van der Waals surface area contributed by atoms with Crippen LogP contribution in [0.3, 0.4) is 0 Å². The Hall–Kier alpha value is -3.85. The van der Waals surface area contributed by atoms with Crippen LogP contribution in [0.1, 0.15) is 38.7 Å². The number of rotatable bonds is 6. The highest BCUT2D eigenvalue weighted by molar-refractivity contribution is 6.02. The molecule has 3 fully saturated rings. The number of fused-ring (bicyclic) bond motifs is 2. The van der Waals surface area contributed by atoms with Crippen LogP contribution >= 0.6 is 0 Å². The molecule has 5 aliphatic rings. The number of nitrogens with zero attached hydrogens (tertiary/aromatic N) is 1. The van der Waals surface area contributed by atoms with E-state index in [1.54, 1.807) is 4.90 Å². The molecule has 2 N–H and O–H groups in total. The number of likely N-dealkylation sites (tertiary alicyclic amines) is 1. The number of para-hydroxylation sites is 2. The van der Waals surface area contributed by atoms with Gasteiger partial charge in [-0.15, -0.1) is 0 Å². The summed E-state index contributed by atoms with van der Waals surface area (Å²) in [6.45, 7) is 6.73. The predicted octanol–water partition coefficient (Wildman–Crippen LogP) is 3.87. The van der Waals surface area contributed by atoms with E-state index in [2.05, 4.69) is 24.5 Å². The summed E-state index contributed by atoms with van der Waals surface area (Å²) in [6.07, 6.45) is 5.69. The van der Waals surface area contributed by atoms with E-state index in [0.29, 0.717) is 29.0 Å². The molecule has 2 aromatic rings. The normalized spacial score (nSPS) is 35.5. The lowest BCUT2D eigenvalue weighted by molar-refractivity contribution is -0.143. The van der Waals surface area contributed by atoms with Crippen molar-refractivity contribution in [2.75, 3.05) is 18.5 Å². The van der Waals surface area contributed by atoms with Crippen molar-refractivity contribution in [1.82, 2.24) is 10.2 Å². The summed E-state index contributed by atoms with van der Waals surface area (Å²) in [7, 11) is 0. The monoisotopic (exact) mass is 585 g/mol. The third kappa shape index (κ3) is 4.69. The first-order valence-electron chi connectivity index (χ1n) is 15.5. The van der Waals surface area contributed by atoms with Crippen LogP contribution in [0.25, 0.3) is 0 Å². The number of benzene rings is 2. The highest BCUT2D eigenvalue weighted by Crippen LogP contribution is 2.55. The van der Waals surface area contributed by atoms with Crippen LogP contribution < -0.4 is 20.1 Å². The number of hydrogen-bond donors (Lipinski definition) is 2. The first-order valence-corrected chi connectivity index (χ1v) is 15.5. The Morgan fingerprint density at radius 1 is 1.05 bits per heavy atom. The molecule has 3 amide bonds. The fourth-order valence-corrected chi connectivity index (χ4v) is 7.83. The van der Waals surface area contributed by atoms with Gasteiger partial charge in [-0.2, -0.15) is 0 Å². The van der Waals surface area contributed by atoms with Crippen molar-refractivity contribution in [3.63, 3.8) is 0 Å². The lowest BCUT2D eigenvalue weighted by Crippen LogP contribution is -2.59. The largest absolute Gasteiger partial charge is 0.486 e. The van der Waals surface area contributed by atoms with Crippen LogP contribution in [-0.2, 0) is 19.1 Å². The molecule has 2 bridgehead atoms. The Labute approximate surface area is 251 Å². The summed E-state index contributed by atoms with van der Waals surface area (Å²) >= 11 is 0. The third-order valence-corrected chi connectivity index (χ3v) is 10.2. The molecule has 1 spiro atoms. The molecule has 1 aliphatic carbocycles. The Bertz CT molecular complexity index is 1480. The highest BCUT2D eigenvalue weighted by Gasteiger charge is 2.73. The van der Waals surface area contributed by atoms with Crippen molar-refractivity contribution >= 4 is 23.4 Å². The molecule has 9 heteroatoms. The second kappa shape index (κ2) is 10.7. The van der Waals surface area contributed by atoms with Crippen molar-refractivity contribution in [3.8, 4) is 11.5 Å². The minimum absolute atomic E-state index is 0.00721. The van der Waals surface area contributed by atoms with Crippen molar-refractivity contribution in [3.05, 3.63) is 66.2 Å². The molecule has 9 atom stereocenters. The van der Waals surface area contributed by atoms with Gasteiger partial charge in [-0.25, -0.2) is 0 Å². The number of hydrogen-bond acceptors (Lipinski definition) is 6. The standard InChI is InChI=1S/C34H39N3O6/c1-19-8-6-10-22(16-19)35-31(38)28-27-14-15-34(43-27)29(28)33(40)37(17-23-18-41-25-12-4-5-13-26(25)42-23)30(34)32(39)36-24-11-7-9-20(2)21(24)3/h4-6,8,10,12-16,20-21,23-24,27-30H,7,9,11,17-18H2,1-3H3,(H,35,38)(H,36,39)/t20-,21-,23+,24+,27+,28-,29+,30+,34+/m0/s1. The van der Waals surface area contributed by atoms with Gasteiger partial charge in [-0.1, -0.05) is 63.1 Å². The van der Waals surface area contributed by atoms with E-state index in [4.69, 9.17) is 14.2 Å². The van der Waals surface area contributed by atoms with Crippen LogP contribution in [0, 0.1) is 30.6 Å². The fraction of sp³-hybridized carbons (Fsp3) is 0.500. The fourth-order valence-electron chi connectivity index (χ4n) is 7.83. The van der Waals surface area contributed by atoms with Crippen LogP contribution in [0.5, 0.6) is 11.5 Å². The lowest BCUT2D eigenvalue weighted by Gasteiger charge is -2.38. The van der Waals surface area contributed by atoms with Crippen molar-refractivity contribution in [1.29, 1.82) is 0 Å². The Morgan fingerprint density at radius 2 is 1.86 bits per heavy atom. The molecule has 0 unspecified atom stereocenters. The number of aryl methyl sites for hydroxylation is 1. The first-order chi connectivity index (χ1) is 20.7. The summed E-state index contributed by atoms with van der Waals surface area (Å²) in [4.78, 5) is 44.0. The molecular formula is C34H39N3O6. The maximum Gasteiger partial charge on any atom is 0.246 e. The molecule has 9 nitrogen and oxygen atoms in total. The Morgan fingerprint density at radius 3 is 2.67 bits per heavy atom.